The van der Waals surface area contributed by atoms with Crippen molar-refractivity contribution in [1.29, 1.82) is 0 Å². The molecule has 6 heteroatoms. The van der Waals surface area contributed by atoms with Gasteiger partial charge in [-0.2, -0.15) is 0 Å². The predicted octanol–water partition coefficient (Wildman–Crippen LogP) is 3.91. The summed E-state index contributed by atoms with van der Waals surface area (Å²) in [4.78, 5) is 23.6. The number of esters is 1. The van der Waals surface area contributed by atoms with E-state index in [0.717, 1.165) is 4.47 Å². The van der Waals surface area contributed by atoms with Crippen LogP contribution in [-0.4, -0.2) is 31.3 Å². The average molecular weight is 405 g/mol. The minimum Gasteiger partial charge on any atom is -0.497 e. The summed E-state index contributed by atoms with van der Waals surface area (Å²) in [5, 5.41) is 9.24. The summed E-state index contributed by atoms with van der Waals surface area (Å²) in [6.45, 7) is 0. The van der Waals surface area contributed by atoms with E-state index in [1.54, 1.807) is 31.4 Å². The Hall–Kier alpha value is -2.60. The first-order chi connectivity index (χ1) is 12.0. The second-order valence-electron chi connectivity index (χ2n) is 5.15. The number of carbonyl (C=O) groups is 2. The Kier molecular flexibility index (Phi) is 6.36. The van der Waals surface area contributed by atoms with Gasteiger partial charge in [-0.25, -0.2) is 4.79 Å². The number of carbonyl (C=O) groups excluding carboxylic acids is 1. The summed E-state index contributed by atoms with van der Waals surface area (Å²) in [5.74, 6) is -1.19. The van der Waals surface area contributed by atoms with Gasteiger partial charge in [-0.15, -0.1) is 0 Å². The van der Waals surface area contributed by atoms with E-state index in [1.165, 1.54) is 7.11 Å². The third-order valence-corrected chi connectivity index (χ3v) is 4.08. The van der Waals surface area contributed by atoms with Crippen LogP contribution in [0.5, 0.6) is 5.75 Å². The topological polar surface area (TPSA) is 72.8 Å². The van der Waals surface area contributed by atoms with Crippen LogP contribution < -0.4 is 4.74 Å². The van der Waals surface area contributed by atoms with Crippen LogP contribution in [0.1, 0.15) is 17.5 Å². The molecule has 0 radical (unpaired) electrons. The molecule has 0 amide bonds. The van der Waals surface area contributed by atoms with E-state index in [-0.39, 0.29) is 5.57 Å². The van der Waals surface area contributed by atoms with Gasteiger partial charge in [-0.1, -0.05) is 40.2 Å². The second-order valence-corrected chi connectivity index (χ2v) is 6.07. The summed E-state index contributed by atoms with van der Waals surface area (Å²) < 4.78 is 10.9. The van der Waals surface area contributed by atoms with Crippen LogP contribution in [0.3, 0.4) is 0 Å². The predicted molar refractivity (Wildman–Crippen MR) is 97.4 cm³/mol. The third-order valence-electron chi connectivity index (χ3n) is 3.55. The molecule has 2 aromatic carbocycles. The van der Waals surface area contributed by atoms with Gasteiger partial charge in [-0.05, 0) is 35.4 Å². The Morgan fingerprint density at radius 2 is 1.72 bits per heavy atom. The molecule has 0 saturated carbocycles. The van der Waals surface area contributed by atoms with Gasteiger partial charge in [0.15, 0.2) is 0 Å². The van der Waals surface area contributed by atoms with Crippen LogP contribution in [0.4, 0.5) is 0 Å². The van der Waals surface area contributed by atoms with E-state index in [0.29, 0.717) is 22.4 Å². The molecule has 1 N–H and O–H groups in total. The fraction of sp³-hybridized carbons (Fsp3) is 0.158. The molecule has 5 nitrogen and oxygen atoms in total. The highest BCUT2D eigenvalue weighted by molar-refractivity contribution is 9.10. The van der Waals surface area contributed by atoms with Gasteiger partial charge in [0.2, 0.25) is 0 Å². The fourth-order valence-electron chi connectivity index (χ4n) is 2.45. The number of ether oxygens (including phenoxy) is 2. The highest BCUT2D eigenvalue weighted by Gasteiger charge is 2.22. The average Bonchev–Trinajstić information content (AvgIpc) is 2.62. The number of aliphatic carboxylic acids is 1. The van der Waals surface area contributed by atoms with Gasteiger partial charge in [-0.3, -0.25) is 4.79 Å². The van der Waals surface area contributed by atoms with Gasteiger partial charge in [0, 0.05) is 10.0 Å². The number of hydrogen-bond donors (Lipinski definition) is 1. The van der Waals surface area contributed by atoms with Crippen LogP contribution in [0.15, 0.2) is 58.6 Å². The van der Waals surface area contributed by atoms with Gasteiger partial charge < -0.3 is 14.6 Å². The molecule has 2 rings (SSSR count). The summed E-state index contributed by atoms with van der Waals surface area (Å²) in [6.07, 6.45) is -0.449. The SMILES string of the molecule is COC(=O)/C(CC(=O)O)=C(\c1ccc(Br)cc1)c1cccc(OC)c1. The molecule has 2 aromatic rings. The van der Waals surface area contributed by atoms with Gasteiger partial charge in [0.05, 0.1) is 26.2 Å². The minimum atomic E-state index is -1.11. The molecule has 0 aliphatic heterocycles. The molecule has 0 fully saturated rings. The third kappa shape index (κ3) is 4.70. The van der Waals surface area contributed by atoms with Gasteiger partial charge >= 0.3 is 11.9 Å². The first-order valence-electron chi connectivity index (χ1n) is 7.40. The largest absolute Gasteiger partial charge is 0.497 e. The van der Waals surface area contributed by atoms with E-state index in [9.17, 15) is 14.7 Å². The molecule has 0 aromatic heterocycles. The molecule has 0 saturated heterocycles. The van der Waals surface area contributed by atoms with Crippen LogP contribution in [0.25, 0.3) is 5.57 Å². The zero-order valence-corrected chi connectivity index (χ0v) is 15.4. The molecule has 0 spiro atoms. The summed E-state index contributed by atoms with van der Waals surface area (Å²) in [6, 6.07) is 14.4. The van der Waals surface area contributed by atoms with Crippen molar-refractivity contribution in [2.75, 3.05) is 14.2 Å². The van der Waals surface area contributed by atoms with Crippen molar-refractivity contribution in [3.63, 3.8) is 0 Å². The summed E-state index contributed by atoms with van der Waals surface area (Å²) >= 11 is 3.37. The maximum absolute atomic E-state index is 12.3. The highest BCUT2D eigenvalue weighted by Crippen LogP contribution is 2.32. The zero-order valence-electron chi connectivity index (χ0n) is 13.8. The highest BCUT2D eigenvalue weighted by atomic mass is 79.9. The monoisotopic (exact) mass is 404 g/mol. The van der Waals surface area contributed by atoms with E-state index >= 15 is 0 Å². The van der Waals surface area contributed by atoms with E-state index < -0.39 is 18.4 Å². The number of methoxy groups -OCH3 is 2. The van der Waals surface area contributed by atoms with Crippen molar-refractivity contribution in [1.82, 2.24) is 0 Å². The van der Waals surface area contributed by atoms with Crippen molar-refractivity contribution in [3.05, 3.63) is 69.7 Å². The molecule has 25 heavy (non-hydrogen) atoms. The lowest BCUT2D eigenvalue weighted by Gasteiger charge is -2.15. The van der Waals surface area contributed by atoms with Crippen LogP contribution in [-0.2, 0) is 14.3 Å². The molecule has 0 unspecified atom stereocenters. The standard InChI is InChI=1S/C19H17BrO5/c1-24-15-5-3-4-13(10-15)18(12-6-8-14(20)9-7-12)16(11-17(21)22)19(23)25-2/h3-10H,11H2,1-2H3,(H,21,22)/b18-16+. The number of rotatable bonds is 6. The number of hydrogen-bond acceptors (Lipinski definition) is 4. The normalized spacial score (nSPS) is 11.5. The maximum atomic E-state index is 12.3. The minimum absolute atomic E-state index is 0.0746. The Morgan fingerprint density at radius 3 is 2.28 bits per heavy atom. The molecule has 130 valence electrons. The van der Waals surface area contributed by atoms with Gasteiger partial charge in [0.1, 0.15) is 5.75 Å². The lowest BCUT2D eigenvalue weighted by molar-refractivity contribution is -0.141. The molecule has 0 aliphatic carbocycles. The lowest BCUT2D eigenvalue weighted by Crippen LogP contribution is -2.12. The quantitative estimate of drug-likeness (QED) is 0.583. The smallest absolute Gasteiger partial charge is 0.334 e. The molecule has 0 heterocycles. The first-order valence-corrected chi connectivity index (χ1v) is 8.19. The fourth-order valence-corrected chi connectivity index (χ4v) is 2.71. The number of carboxylic acids is 1. The molecule has 0 aliphatic rings. The Bertz CT molecular complexity index is 809. The zero-order chi connectivity index (χ0) is 18.4. The van der Waals surface area contributed by atoms with E-state index in [2.05, 4.69) is 15.9 Å². The Balaban J connectivity index is 2.76. The van der Waals surface area contributed by atoms with Crippen molar-refractivity contribution in [3.8, 4) is 5.75 Å². The first kappa shape index (κ1) is 18.7. The maximum Gasteiger partial charge on any atom is 0.334 e. The summed E-state index contributed by atoms with van der Waals surface area (Å²) in [7, 11) is 2.77. The van der Waals surface area contributed by atoms with E-state index in [4.69, 9.17) is 9.47 Å². The van der Waals surface area contributed by atoms with Crippen LogP contribution in [0.2, 0.25) is 0 Å². The van der Waals surface area contributed by atoms with Crippen molar-refractivity contribution in [2.24, 2.45) is 0 Å². The second kappa shape index (κ2) is 8.48. The lowest BCUT2D eigenvalue weighted by atomic mass is 9.91. The van der Waals surface area contributed by atoms with Crippen molar-refractivity contribution < 1.29 is 24.2 Å². The molecule has 0 atom stereocenters. The molecular formula is C19H17BrO5. The summed E-state index contributed by atoms with van der Waals surface area (Å²) in [5.41, 5.74) is 1.95. The van der Waals surface area contributed by atoms with Crippen LogP contribution in [0, 0.1) is 0 Å². The Morgan fingerprint density at radius 1 is 1.04 bits per heavy atom. The van der Waals surface area contributed by atoms with Crippen molar-refractivity contribution in [2.45, 2.75) is 6.42 Å². The number of benzene rings is 2. The molecular weight excluding hydrogens is 388 g/mol. The van der Waals surface area contributed by atoms with Crippen molar-refractivity contribution >= 4 is 33.4 Å². The van der Waals surface area contributed by atoms with E-state index in [1.807, 2.05) is 24.3 Å². The van der Waals surface area contributed by atoms with Crippen LogP contribution >= 0.6 is 15.9 Å². The van der Waals surface area contributed by atoms with Gasteiger partial charge in [0.25, 0.3) is 0 Å². The number of carboxylic acid groups (broad SMARTS) is 1. The Labute approximate surface area is 154 Å². The molecule has 0 bridgehead atoms. The number of halogens is 1.